The van der Waals surface area contributed by atoms with Crippen molar-refractivity contribution < 1.29 is 8.42 Å². The van der Waals surface area contributed by atoms with Crippen LogP contribution in [-0.4, -0.2) is 23.4 Å². The van der Waals surface area contributed by atoms with Gasteiger partial charge in [-0.15, -0.1) is 5.10 Å². The van der Waals surface area contributed by atoms with E-state index < -0.39 is 15.2 Å². The van der Waals surface area contributed by atoms with Gasteiger partial charge in [-0.25, -0.2) is 13.1 Å². The van der Waals surface area contributed by atoms with Gasteiger partial charge in [-0.05, 0) is 31.2 Å². The first kappa shape index (κ1) is 12.8. The first-order valence-electron chi connectivity index (χ1n) is 6.19. The number of nitrogens with zero attached hydrogens (tertiary/aromatic N) is 3. The predicted octanol–water partition coefficient (Wildman–Crippen LogP) is 2.42. The number of sulfone groups is 1. The number of rotatable bonds is 3. The van der Waals surface area contributed by atoms with Crippen LogP contribution in [0.4, 0.5) is 0 Å². The van der Waals surface area contributed by atoms with E-state index in [4.69, 9.17) is 0 Å². The summed E-state index contributed by atoms with van der Waals surface area (Å²) in [7, 11) is -3.49. The van der Waals surface area contributed by atoms with Crippen molar-refractivity contribution in [2.45, 2.75) is 17.2 Å². The lowest BCUT2D eigenvalue weighted by Gasteiger charge is -2.13. The van der Waals surface area contributed by atoms with E-state index >= 15 is 0 Å². The average Bonchev–Trinajstić information content (AvgIpc) is 2.91. The van der Waals surface area contributed by atoms with Gasteiger partial charge in [0.2, 0.25) is 9.84 Å². The minimum atomic E-state index is -3.49. The van der Waals surface area contributed by atoms with Gasteiger partial charge in [-0.1, -0.05) is 35.5 Å². The van der Waals surface area contributed by atoms with E-state index in [1.807, 2.05) is 18.2 Å². The van der Waals surface area contributed by atoms with E-state index in [0.29, 0.717) is 11.0 Å². The molecule has 0 aliphatic heterocycles. The van der Waals surface area contributed by atoms with E-state index in [9.17, 15) is 8.42 Å². The summed E-state index contributed by atoms with van der Waals surface area (Å²) in [4.78, 5) is 0.284. The molecule has 0 saturated heterocycles. The van der Waals surface area contributed by atoms with Crippen molar-refractivity contribution >= 4 is 20.9 Å². The summed E-state index contributed by atoms with van der Waals surface area (Å²) in [6.07, 6.45) is 0. The normalized spacial score (nSPS) is 13.4. The molecule has 5 nitrogen and oxygen atoms in total. The highest BCUT2D eigenvalue weighted by Crippen LogP contribution is 2.25. The Hall–Kier alpha value is -2.21. The summed E-state index contributed by atoms with van der Waals surface area (Å²) in [6, 6.07) is 15.7. The monoisotopic (exact) mass is 287 g/mol. The summed E-state index contributed by atoms with van der Waals surface area (Å²) in [5, 5.41) is 7.16. The molecular formula is C14H13N3O2S. The Bertz CT molecular complexity index is 841. The number of hydrogen-bond acceptors (Lipinski definition) is 4. The van der Waals surface area contributed by atoms with Gasteiger partial charge in [0.15, 0.2) is 5.37 Å². The lowest BCUT2D eigenvalue weighted by molar-refractivity contribution is 0.537. The van der Waals surface area contributed by atoms with Gasteiger partial charge in [-0.2, -0.15) is 0 Å². The van der Waals surface area contributed by atoms with Gasteiger partial charge in [-0.3, -0.25) is 0 Å². The van der Waals surface area contributed by atoms with Crippen LogP contribution in [-0.2, 0) is 9.84 Å². The number of para-hydroxylation sites is 1. The van der Waals surface area contributed by atoms with Crippen molar-refractivity contribution in [3.8, 4) is 0 Å². The molecule has 102 valence electrons. The van der Waals surface area contributed by atoms with Crippen molar-refractivity contribution in [1.29, 1.82) is 0 Å². The van der Waals surface area contributed by atoms with Crippen molar-refractivity contribution in [2.24, 2.45) is 0 Å². The number of benzene rings is 2. The Morgan fingerprint density at radius 2 is 1.65 bits per heavy atom. The third-order valence-corrected chi connectivity index (χ3v) is 5.27. The standard InChI is InChI=1S/C14H13N3O2S/c1-11(20(18,19)12-7-3-2-4-8-12)17-14-10-6-5-9-13(14)15-16-17/h2-11H,1H3. The molecule has 0 aliphatic rings. The van der Waals surface area contributed by atoms with E-state index in [2.05, 4.69) is 10.3 Å². The van der Waals surface area contributed by atoms with Crippen LogP contribution in [0.3, 0.4) is 0 Å². The van der Waals surface area contributed by atoms with E-state index in [1.165, 1.54) is 4.68 Å². The highest BCUT2D eigenvalue weighted by Gasteiger charge is 2.26. The molecule has 0 spiro atoms. The number of aromatic nitrogens is 3. The van der Waals surface area contributed by atoms with Crippen molar-refractivity contribution in [2.75, 3.05) is 0 Å². The van der Waals surface area contributed by atoms with Crippen LogP contribution in [0.5, 0.6) is 0 Å². The topological polar surface area (TPSA) is 64.8 Å². The molecular weight excluding hydrogens is 274 g/mol. The molecule has 3 rings (SSSR count). The molecule has 0 radical (unpaired) electrons. The fourth-order valence-electron chi connectivity index (χ4n) is 2.09. The van der Waals surface area contributed by atoms with Gasteiger partial charge >= 0.3 is 0 Å². The predicted molar refractivity (Wildman–Crippen MR) is 75.9 cm³/mol. The van der Waals surface area contributed by atoms with Crippen LogP contribution in [0.2, 0.25) is 0 Å². The van der Waals surface area contributed by atoms with Gasteiger partial charge in [0.25, 0.3) is 0 Å². The zero-order valence-corrected chi connectivity index (χ0v) is 11.7. The molecule has 2 aromatic carbocycles. The van der Waals surface area contributed by atoms with E-state index in [0.717, 1.165) is 0 Å². The second kappa shape index (κ2) is 4.72. The summed E-state index contributed by atoms with van der Waals surface area (Å²) in [5.74, 6) is 0. The third kappa shape index (κ3) is 1.98. The first-order chi connectivity index (χ1) is 9.60. The first-order valence-corrected chi connectivity index (χ1v) is 7.74. The Balaban J connectivity index is 2.11. The zero-order valence-electron chi connectivity index (χ0n) is 10.8. The number of hydrogen-bond donors (Lipinski definition) is 0. The maximum absolute atomic E-state index is 12.6. The molecule has 1 atom stereocenters. The Morgan fingerprint density at radius 3 is 2.40 bits per heavy atom. The van der Waals surface area contributed by atoms with Gasteiger partial charge in [0, 0.05) is 0 Å². The molecule has 0 aliphatic carbocycles. The smallest absolute Gasteiger partial charge is 0.201 e. The van der Waals surface area contributed by atoms with Crippen LogP contribution >= 0.6 is 0 Å². The minimum absolute atomic E-state index is 0.284. The lowest BCUT2D eigenvalue weighted by Crippen LogP contribution is -2.18. The van der Waals surface area contributed by atoms with Crippen molar-refractivity contribution in [3.05, 3.63) is 54.6 Å². The highest BCUT2D eigenvalue weighted by atomic mass is 32.2. The SMILES string of the molecule is CC(n1nnc2ccccc21)S(=O)(=O)c1ccccc1. The summed E-state index contributed by atoms with van der Waals surface area (Å²) in [5.41, 5.74) is 1.39. The molecule has 0 amide bonds. The van der Waals surface area contributed by atoms with Crippen molar-refractivity contribution in [1.82, 2.24) is 15.0 Å². The molecule has 20 heavy (non-hydrogen) atoms. The van der Waals surface area contributed by atoms with E-state index in [-0.39, 0.29) is 4.90 Å². The molecule has 1 aromatic heterocycles. The summed E-state index contributed by atoms with van der Waals surface area (Å²) < 4.78 is 26.6. The fraction of sp³-hybridized carbons (Fsp3) is 0.143. The Morgan fingerprint density at radius 1 is 1.00 bits per heavy atom. The summed E-state index contributed by atoms with van der Waals surface area (Å²) >= 11 is 0. The van der Waals surface area contributed by atoms with Crippen LogP contribution in [0, 0.1) is 0 Å². The van der Waals surface area contributed by atoms with Gasteiger partial charge < -0.3 is 0 Å². The Labute approximate surface area is 116 Å². The van der Waals surface area contributed by atoms with Gasteiger partial charge in [0.1, 0.15) is 5.52 Å². The summed E-state index contributed by atoms with van der Waals surface area (Å²) in [6.45, 7) is 1.61. The zero-order chi connectivity index (χ0) is 14.2. The quantitative estimate of drug-likeness (QED) is 0.742. The largest absolute Gasteiger partial charge is 0.226 e. The molecule has 0 fully saturated rings. The lowest BCUT2D eigenvalue weighted by atomic mass is 10.3. The molecule has 0 saturated carbocycles. The highest BCUT2D eigenvalue weighted by molar-refractivity contribution is 7.91. The fourth-order valence-corrected chi connectivity index (χ4v) is 3.44. The number of fused-ring (bicyclic) bond motifs is 1. The second-order valence-corrected chi connectivity index (χ2v) is 6.72. The second-order valence-electron chi connectivity index (χ2n) is 4.48. The van der Waals surface area contributed by atoms with Crippen LogP contribution in [0.15, 0.2) is 59.5 Å². The molecule has 3 aromatic rings. The molecule has 1 unspecified atom stereocenters. The Kier molecular flexibility index (Phi) is 3.02. The minimum Gasteiger partial charge on any atom is -0.226 e. The van der Waals surface area contributed by atoms with Gasteiger partial charge in [0.05, 0.1) is 10.4 Å². The third-order valence-electron chi connectivity index (χ3n) is 3.24. The molecule has 1 heterocycles. The molecule has 0 bridgehead atoms. The molecule has 0 N–H and O–H groups in total. The van der Waals surface area contributed by atoms with E-state index in [1.54, 1.807) is 43.3 Å². The van der Waals surface area contributed by atoms with Crippen LogP contribution < -0.4 is 0 Å². The maximum atomic E-state index is 12.6. The maximum Gasteiger partial charge on any atom is 0.201 e. The van der Waals surface area contributed by atoms with Crippen molar-refractivity contribution in [3.63, 3.8) is 0 Å². The van der Waals surface area contributed by atoms with Crippen LogP contribution in [0.1, 0.15) is 12.3 Å². The van der Waals surface area contributed by atoms with Crippen LogP contribution in [0.25, 0.3) is 11.0 Å². The molecule has 6 heteroatoms. The average molecular weight is 287 g/mol.